The van der Waals surface area contributed by atoms with Crippen molar-refractivity contribution in [2.45, 2.75) is 6.92 Å². The third-order valence-electron chi connectivity index (χ3n) is 2.73. The summed E-state index contributed by atoms with van der Waals surface area (Å²) in [5.74, 6) is 2.28. The molecule has 100 valence electrons. The zero-order chi connectivity index (χ0) is 13.7. The van der Waals surface area contributed by atoms with Crippen molar-refractivity contribution < 1.29 is 14.2 Å². The van der Waals surface area contributed by atoms with Crippen LogP contribution in [0.2, 0.25) is 0 Å². The first kappa shape index (κ1) is 13.2. The van der Waals surface area contributed by atoms with Gasteiger partial charge in [-0.05, 0) is 25.1 Å². The molecule has 0 N–H and O–H groups in total. The van der Waals surface area contributed by atoms with E-state index in [0.29, 0.717) is 6.61 Å². The maximum absolute atomic E-state index is 5.46. The van der Waals surface area contributed by atoms with Crippen molar-refractivity contribution in [3.05, 3.63) is 36.5 Å². The Labute approximate surface area is 113 Å². The lowest BCUT2D eigenvalue weighted by Gasteiger charge is -2.11. The van der Waals surface area contributed by atoms with Crippen molar-refractivity contribution in [3.8, 4) is 28.5 Å². The molecule has 0 spiro atoms. The van der Waals surface area contributed by atoms with Crippen molar-refractivity contribution in [2.24, 2.45) is 0 Å². The summed E-state index contributed by atoms with van der Waals surface area (Å²) in [5, 5.41) is 0. The second-order valence-corrected chi connectivity index (χ2v) is 3.88. The molecular formula is C15H17NO3. The first-order chi connectivity index (χ1) is 9.28. The normalized spacial score (nSPS) is 10.1. The molecule has 2 rings (SSSR count). The van der Waals surface area contributed by atoms with Crippen LogP contribution < -0.4 is 14.2 Å². The van der Waals surface area contributed by atoms with Gasteiger partial charge in [-0.2, -0.15) is 0 Å². The molecule has 0 saturated carbocycles. The van der Waals surface area contributed by atoms with Crippen LogP contribution in [0.3, 0.4) is 0 Å². The molecule has 4 heteroatoms. The highest BCUT2D eigenvalue weighted by Gasteiger charge is 2.09. The number of nitrogens with zero attached hydrogens (tertiary/aromatic N) is 1. The van der Waals surface area contributed by atoms with E-state index in [4.69, 9.17) is 14.2 Å². The molecule has 0 aliphatic heterocycles. The first-order valence-electron chi connectivity index (χ1n) is 6.09. The molecule has 0 saturated heterocycles. The summed E-state index contributed by atoms with van der Waals surface area (Å²) in [6.07, 6.45) is 1.71. The van der Waals surface area contributed by atoms with Gasteiger partial charge in [-0.1, -0.05) is 0 Å². The standard InChI is InChI=1S/C15H17NO3/c1-4-19-12-5-6-13(15(10-12)18-3)14-9-11(17-2)7-8-16-14/h5-10H,4H2,1-3H3. The van der Waals surface area contributed by atoms with Crippen molar-refractivity contribution >= 4 is 0 Å². The molecule has 0 aliphatic carbocycles. The van der Waals surface area contributed by atoms with E-state index in [0.717, 1.165) is 28.5 Å². The summed E-state index contributed by atoms with van der Waals surface area (Å²) in [6.45, 7) is 2.57. The number of hydrogen-bond donors (Lipinski definition) is 0. The van der Waals surface area contributed by atoms with Gasteiger partial charge in [0.25, 0.3) is 0 Å². The predicted molar refractivity (Wildman–Crippen MR) is 73.9 cm³/mol. The number of benzene rings is 1. The minimum atomic E-state index is 0.625. The third-order valence-corrected chi connectivity index (χ3v) is 2.73. The lowest BCUT2D eigenvalue weighted by molar-refractivity contribution is 0.336. The minimum absolute atomic E-state index is 0.625. The number of pyridine rings is 1. The van der Waals surface area contributed by atoms with E-state index in [2.05, 4.69) is 4.98 Å². The summed E-state index contributed by atoms with van der Waals surface area (Å²) >= 11 is 0. The number of aromatic nitrogens is 1. The second kappa shape index (κ2) is 6.09. The van der Waals surface area contributed by atoms with Crippen LogP contribution in [0, 0.1) is 0 Å². The molecule has 0 bridgehead atoms. The van der Waals surface area contributed by atoms with Gasteiger partial charge >= 0.3 is 0 Å². The Balaban J connectivity index is 2.42. The van der Waals surface area contributed by atoms with E-state index in [-0.39, 0.29) is 0 Å². The van der Waals surface area contributed by atoms with E-state index >= 15 is 0 Å². The Hall–Kier alpha value is -2.23. The summed E-state index contributed by atoms with van der Waals surface area (Å²) in [6, 6.07) is 9.39. The highest BCUT2D eigenvalue weighted by molar-refractivity contribution is 5.69. The van der Waals surface area contributed by atoms with E-state index in [9.17, 15) is 0 Å². The number of ether oxygens (including phenoxy) is 3. The monoisotopic (exact) mass is 259 g/mol. The van der Waals surface area contributed by atoms with Crippen molar-refractivity contribution in [3.63, 3.8) is 0 Å². The highest BCUT2D eigenvalue weighted by atomic mass is 16.5. The van der Waals surface area contributed by atoms with Gasteiger partial charge in [-0.15, -0.1) is 0 Å². The van der Waals surface area contributed by atoms with Gasteiger partial charge in [0.05, 0.1) is 26.5 Å². The molecule has 1 aromatic heterocycles. The van der Waals surface area contributed by atoms with Gasteiger partial charge in [-0.3, -0.25) is 4.98 Å². The van der Waals surface area contributed by atoms with Gasteiger partial charge in [0.2, 0.25) is 0 Å². The molecular weight excluding hydrogens is 242 g/mol. The summed E-state index contributed by atoms with van der Waals surface area (Å²) in [5.41, 5.74) is 1.71. The van der Waals surface area contributed by atoms with Crippen LogP contribution in [-0.4, -0.2) is 25.8 Å². The van der Waals surface area contributed by atoms with Crippen LogP contribution in [0.25, 0.3) is 11.3 Å². The molecule has 1 aromatic carbocycles. The predicted octanol–water partition coefficient (Wildman–Crippen LogP) is 3.16. The Morgan fingerprint density at radius 1 is 1.00 bits per heavy atom. The molecule has 4 nitrogen and oxygen atoms in total. The van der Waals surface area contributed by atoms with Crippen LogP contribution in [-0.2, 0) is 0 Å². The van der Waals surface area contributed by atoms with Gasteiger partial charge in [0.15, 0.2) is 0 Å². The Morgan fingerprint density at radius 3 is 2.53 bits per heavy atom. The molecule has 19 heavy (non-hydrogen) atoms. The fraction of sp³-hybridized carbons (Fsp3) is 0.267. The molecule has 1 heterocycles. The first-order valence-corrected chi connectivity index (χ1v) is 6.09. The average molecular weight is 259 g/mol. The van der Waals surface area contributed by atoms with Crippen LogP contribution in [0.4, 0.5) is 0 Å². The van der Waals surface area contributed by atoms with Crippen LogP contribution in [0.1, 0.15) is 6.92 Å². The van der Waals surface area contributed by atoms with Gasteiger partial charge in [0.1, 0.15) is 17.2 Å². The summed E-state index contributed by atoms with van der Waals surface area (Å²) in [4.78, 5) is 4.34. The quantitative estimate of drug-likeness (QED) is 0.827. The maximum Gasteiger partial charge on any atom is 0.131 e. The van der Waals surface area contributed by atoms with E-state index in [1.165, 1.54) is 0 Å². The van der Waals surface area contributed by atoms with Gasteiger partial charge in [-0.25, -0.2) is 0 Å². The smallest absolute Gasteiger partial charge is 0.131 e. The van der Waals surface area contributed by atoms with Gasteiger partial charge < -0.3 is 14.2 Å². The minimum Gasteiger partial charge on any atom is -0.497 e. The summed E-state index contributed by atoms with van der Waals surface area (Å²) in [7, 11) is 3.27. The summed E-state index contributed by atoms with van der Waals surface area (Å²) < 4.78 is 16.1. The lowest BCUT2D eigenvalue weighted by atomic mass is 10.1. The molecule has 0 amide bonds. The SMILES string of the molecule is CCOc1ccc(-c2cc(OC)ccn2)c(OC)c1. The van der Waals surface area contributed by atoms with Gasteiger partial charge in [0, 0.05) is 23.9 Å². The Kier molecular flexibility index (Phi) is 4.23. The molecule has 0 unspecified atom stereocenters. The topological polar surface area (TPSA) is 40.6 Å². The highest BCUT2D eigenvalue weighted by Crippen LogP contribution is 2.33. The zero-order valence-electron chi connectivity index (χ0n) is 11.3. The van der Waals surface area contributed by atoms with Crippen molar-refractivity contribution in [1.29, 1.82) is 0 Å². The molecule has 0 atom stereocenters. The van der Waals surface area contributed by atoms with E-state index in [1.807, 2.05) is 37.3 Å². The molecule has 0 radical (unpaired) electrons. The number of methoxy groups -OCH3 is 2. The van der Waals surface area contributed by atoms with Crippen LogP contribution in [0.15, 0.2) is 36.5 Å². The Bertz CT molecular complexity index is 555. The fourth-order valence-electron chi connectivity index (χ4n) is 1.83. The molecule has 0 aliphatic rings. The zero-order valence-corrected chi connectivity index (χ0v) is 11.3. The van der Waals surface area contributed by atoms with Crippen molar-refractivity contribution in [2.75, 3.05) is 20.8 Å². The Morgan fingerprint density at radius 2 is 1.84 bits per heavy atom. The van der Waals surface area contributed by atoms with Crippen molar-refractivity contribution in [1.82, 2.24) is 4.98 Å². The maximum atomic E-state index is 5.46. The fourth-order valence-corrected chi connectivity index (χ4v) is 1.83. The number of rotatable bonds is 5. The number of hydrogen-bond acceptors (Lipinski definition) is 4. The van der Waals surface area contributed by atoms with Crippen LogP contribution in [0.5, 0.6) is 17.2 Å². The van der Waals surface area contributed by atoms with E-state index in [1.54, 1.807) is 20.4 Å². The van der Waals surface area contributed by atoms with Crippen LogP contribution >= 0.6 is 0 Å². The largest absolute Gasteiger partial charge is 0.497 e. The second-order valence-electron chi connectivity index (χ2n) is 3.88. The molecule has 0 fully saturated rings. The lowest BCUT2D eigenvalue weighted by Crippen LogP contribution is -1.95. The molecule has 2 aromatic rings. The average Bonchev–Trinajstić information content (AvgIpc) is 2.47. The third kappa shape index (κ3) is 2.96. The van der Waals surface area contributed by atoms with E-state index < -0.39 is 0 Å².